The third-order valence-electron chi connectivity index (χ3n) is 3.05. The van der Waals surface area contributed by atoms with Crippen molar-refractivity contribution in [1.29, 1.82) is 0 Å². The zero-order valence-corrected chi connectivity index (χ0v) is 13.4. The summed E-state index contributed by atoms with van der Waals surface area (Å²) in [5.74, 6) is -1.98. The number of benzene rings is 2. The van der Waals surface area contributed by atoms with Crippen molar-refractivity contribution >= 4 is 15.7 Å². The van der Waals surface area contributed by atoms with Crippen molar-refractivity contribution in [2.45, 2.75) is 4.90 Å². The predicted octanol–water partition coefficient (Wildman–Crippen LogP) is 3.35. The fourth-order valence-electron chi connectivity index (χ4n) is 1.98. The van der Waals surface area contributed by atoms with Crippen molar-refractivity contribution in [3.05, 3.63) is 72.6 Å². The van der Waals surface area contributed by atoms with Gasteiger partial charge in [0.05, 0.1) is 0 Å². The molecular weight excluding hydrogens is 352 g/mol. The number of halogens is 2. The van der Waals surface area contributed by atoms with Gasteiger partial charge in [-0.1, -0.05) is 6.07 Å². The minimum atomic E-state index is -4.41. The van der Waals surface area contributed by atoms with E-state index in [2.05, 4.69) is 14.7 Å². The Balaban J connectivity index is 1.79. The van der Waals surface area contributed by atoms with E-state index in [1.54, 1.807) is 6.07 Å². The number of ether oxygens (including phenoxy) is 1. The summed E-state index contributed by atoms with van der Waals surface area (Å²) in [5, 5.41) is 0. The lowest BCUT2D eigenvalue weighted by atomic mass is 10.3. The summed E-state index contributed by atoms with van der Waals surface area (Å²) in [6.45, 7) is 0. The molecule has 0 radical (unpaired) electrons. The Morgan fingerprint density at radius 1 is 0.880 bits per heavy atom. The molecule has 0 aliphatic heterocycles. The number of hydrogen-bond donors (Lipinski definition) is 1. The topological polar surface area (TPSA) is 81.2 Å². The van der Waals surface area contributed by atoms with E-state index in [4.69, 9.17) is 4.74 Å². The molecule has 0 saturated heterocycles. The minimum Gasteiger partial charge on any atom is -0.424 e. The summed E-state index contributed by atoms with van der Waals surface area (Å²) in [4.78, 5) is 6.74. The van der Waals surface area contributed by atoms with Crippen LogP contribution in [0.25, 0.3) is 0 Å². The maximum atomic E-state index is 13.7. The summed E-state index contributed by atoms with van der Waals surface area (Å²) in [5.41, 5.74) is 0.115. The molecule has 1 N–H and O–H groups in total. The Morgan fingerprint density at radius 3 is 2.08 bits per heavy atom. The van der Waals surface area contributed by atoms with Gasteiger partial charge in [0, 0.05) is 18.1 Å². The van der Waals surface area contributed by atoms with Crippen LogP contribution in [0.2, 0.25) is 0 Å². The third-order valence-corrected chi connectivity index (χ3v) is 4.48. The normalized spacial score (nSPS) is 11.1. The molecule has 0 saturated carbocycles. The van der Waals surface area contributed by atoms with Gasteiger partial charge in [0.15, 0.2) is 4.90 Å². The highest BCUT2D eigenvalue weighted by molar-refractivity contribution is 7.92. The standard InChI is InChI=1S/C16H11F2N3O3S/c17-13-3-1-4-14(18)15(13)25(22,23)21-11-5-7-12(8-6-11)24-16-19-9-2-10-20-16/h1-10,21H. The third kappa shape index (κ3) is 3.89. The molecule has 1 aromatic heterocycles. The molecule has 0 aliphatic rings. The van der Waals surface area contributed by atoms with Crippen molar-refractivity contribution in [2.75, 3.05) is 4.72 Å². The minimum absolute atomic E-state index is 0.115. The number of anilines is 1. The van der Waals surface area contributed by atoms with Crippen LogP contribution in [0.15, 0.2) is 65.8 Å². The summed E-state index contributed by atoms with van der Waals surface area (Å²) in [6, 6.07) is 10.3. The van der Waals surface area contributed by atoms with Gasteiger partial charge in [-0.2, -0.15) is 0 Å². The van der Waals surface area contributed by atoms with E-state index in [1.807, 2.05) is 0 Å². The van der Waals surface area contributed by atoms with Crippen molar-refractivity contribution in [3.8, 4) is 11.8 Å². The molecule has 0 atom stereocenters. The second kappa shape index (κ2) is 6.81. The van der Waals surface area contributed by atoms with E-state index in [0.717, 1.165) is 18.2 Å². The van der Waals surface area contributed by atoms with E-state index >= 15 is 0 Å². The summed E-state index contributed by atoms with van der Waals surface area (Å²) < 4.78 is 59.2. The number of aromatic nitrogens is 2. The zero-order valence-electron chi connectivity index (χ0n) is 12.6. The average molecular weight is 363 g/mol. The quantitative estimate of drug-likeness (QED) is 0.752. The maximum absolute atomic E-state index is 13.7. The summed E-state index contributed by atoms with van der Waals surface area (Å²) in [7, 11) is -4.41. The Labute approximate surface area is 142 Å². The van der Waals surface area contributed by atoms with Gasteiger partial charge in [-0.15, -0.1) is 0 Å². The fourth-order valence-corrected chi connectivity index (χ4v) is 3.18. The van der Waals surface area contributed by atoms with Gasteiger partial charge in [-0.3, -0.25) is 4.72 Å². The van der Waals surface area contributed by atoms with Gasteiger partial charge in [0.25, 0.3) is 10.0 Å². The SMILES string of the molecule is O=S(=O)(Nc1ccc(Oc2ncccn2)cc1)c1c(F)cccc1F. The van der Waals surface area contributed by atoms with E-state index in [9.17, 15) is 17.2 Å². The molecule has 128 valence electrons. The predicted molar refractivity (Wildman–Crippen MR) is 85.7 cm³/mol. The number of nitrogens with zero attached hydrogens (tertiary/aromatic N) is 2. The van der Waals surface area contributed by atoms with Crippen molar-refractivity contribution in [3.63, 3.8) is 0 Å². The van der Waals surface area contributed by atoms with E-state index in [-0.39, 0.29) is 11.7 Å². The van der Waals surface area contributed by atoms with Crippen LogP contribution in [0, 0.1) is 11.6 Å². The molecule has 0 bridgehead atoms. The van der Waals surface area contributed by atoms with Gasteiger partial charge in [-0.25, -0.2) is 27.2 Å². The first-order chi connectivity index (χ1) is 12.0. The lowest BCUT2D eigenvalue weighted by Gasteiger charge is -2.10. The highest BCUT2D eigenvalue weighted by atomic mass is 32.2. The molecule has 1 heterocycles. The molecular formula is C16H11F2N3O3S. The van der Waals surface area contributed by atoms with Gasteiger partial charge in [-0.05, 0) is 42.5 Å². The van der Waals surface area contributed by atoms with Crippen LogP contribution < -0.4 is 9.46 Å². The molecule has 0 amide bonds. The largest absolute Gasteiger partial charge is 0.424 e. The van der Waals surface area contributed by atoms with E-state index < -0.39 is 26.6 Å². The fraction of sp³-hybridized carbons (Fsp3) is 0. The second-order valence-corrected chi connectivity index (χ2v) is 6.43. The molecule has 6 nitrogen and oxygen atoms in total. The Hall–Kier alpha value is -3.07. The van der Waals surface area contributed by atoms with Crippen LogP contribution in [-0.2, 0) is 10.0 Å². The molecule has 25 heavy (non-hydrogen) atoms. The molecule has 2 aromatic carbocycles. The van der Waals surface area contributed by atoms with Gasteiger partial charge >= 0.3 is 6.01 Å². The number of sulfonamides is 1. The smallest absolute Gasteiger partial charge is 0.321 e. The van der Waals surface area contributed by atoms with Crippen LogP contribution in [0.3, 0.4) is 0 Å². The van der Waals surface area contributed by atoms with Crippen molar-refractivity contribution < 1.29 is 21.9 Å². The van der Waals surface area contributed by atoms with Crippen LogP contribution in [0.5, 0.6) is 11.8 Å². The van der Waals surface area contributed by atoms with Gasteiger partial charge in [0.1, 0.15) is 17.4 Å². The highest BCUT2D eigenvalue weighted by Crippen LogP contribution is 2.24. The maximum Gasteiger partial charge on any atom is 0.321 e. The van der Waals surface area contributed by atoms with Crippen LogP contribution in [-0.4, -0.2) is 18.4 Å². The van der Waals surface area contributed by atoms with Gasteiger partial charge < -0.3 is 4.74 Å². The molecule has 0 aliphatic carbocycles. The number of nitrogens with one attached hydrogen (secondary N) is 1. The molecule has 3 rings (SSSR count). The first kappa shape index (κ1) is 16.8. The molecule has 0 unspecified atom stereocenters. The first-order valence-electron chi connectivity index (χ1n) is 6.97. The number of rotatable bonds is 5. The van der Waals surface area contributed by atoms with Crippen LogP contribution in [0.4, 0.5) is 14.5 Å². The molecule has 3 aromatic rings. The molecule has 0 fully saturated rings. The van der Waals surface area contributed by atoms with Crippen molar-refractivity contribution in [1.82, 2.24) is 9.97 Å². The van der Waals surface area contributed by atoms with Crippen LogP contribution >= 0.6 is 0 Å². The molecule has 9 heteroatoms. The Morgan fingerprint density at radius 2 is 1.48 bits per heavy atom. The molecule has 0 spiro atoms. The van der Waals surface area contributed by atoms with E-state index in [1.165, 1.54) is 36.7 Å². The monoisotopic (exact) mass is 363 g/mol. The van der Waals surface area contributed by atoms with Crippen LogP contribution in [0.1, 0.15) is 0 Å². The summed E-state index contributed by atoms with van der Waals surface area (Å²) >= 11 is 0. The average Bonchev–Trinajstić information content (AvgIpc) is 2.57. The summed E-state index contributed by atoms with van der Waals surface area (Å²) in [6.07, 6.45) is 3.02. The van der Waals surface area contributed by atoms with E-state index in [0.29, 0.717) is 5.75 Å². The first-order valence-corrected chi connectivity index (χ1v) is 8.46. The lowest BCUT2D eigenvalue weighted by Crippen LogP contribution is -2.16. The zero-order chi connectivity index (χ0) is 17.9. The Kier molecular flexibility index (Phi) is 4.57. The second-order valence-electron chi connectivity index (χ2n) is 4.81. The van der Waals surface area contributed by atoms with Crippen molar-refractivity contribution in [2.24, 2.45) is 0 Å². The highest BCUT2D eigenvalue weighted by Gasteiger charge is 2.23. The number of hydrogen-bond acceptors (Lipinski definition) is 5. The van der Waals surface area contributed by atoms with Gasteiger partial charge in [0.2, 0.25) is 0 Å². The lowest BCUT2D eigenvalue weighted by molar-refractivity contribution is 0.442. The Bertz CT molecular complexity index is 961.